The Morgan fingerprint density at radius 1 is 1.44 bits per heavy atom. The maximum absolute atomic E-state index is 10.7. The number of aryl methyl sites for hydroxylation is 1. The van der Waals surface area contributed by atoms with E-state index in [-0.39, 0.29) is 5.69 Å². The van der Waals surface area contributed by atoms with Crippen LogP contribution in [-0.4, -0.2) is 25.4 Å². The second kappa shape index (κ2) is 4.23. The number of hydrogen-bond donors (Lipinski definition) is 2. The fraction of sp³-hybridized carbons (Fsp3) is 0.111. The lowest BCUT2D eigenvalue weighted by Crippen LogP contribution is -2.02. The first-order valence-electron chi connectivity index (χ1n) is 4.43. The molecule has 0 saturated heterocycles. The smallest absolute Gasteiger partial charge is 0.354 e. The van der Waals surface area contributed by atoms with Gasteiger partial charge < -0.3 is 10.4 Å². The molecule has 0 radical (unpaired) electrons. The van der Waals surface area contributed by atoms with Gasteiger partial charge in [-0.2, -0.15) is 4.37 Å². The van der Waals surface area contributed by atoms with Gasteiger partial charge in [0.25, 0.3) is 0 Å². The number of pyridine rings is 1. The van der Waals surface area contributed by atoms with Crippen molar-refractivity contribution in [3.8, 4) is 0 Å². The van der Waals surface area contributed by atoms with Crippen molar-refractivity contribution in [3.05, 3.63) is 29.7 Å². The van der Waals surface area contributed by atoms with Crippen LogP contribution >= 0.6 is 11.5 Å². The summed E-state index contributed by atoms with van der Waals surface area (Å²) in [5, 5.41) is 12.2. The largest absolute Gasteiger partial charge is 0.477 e. The van der Waals surface area contributed by atoms with Gasteiger partial charge in [0.15, 0.2) is 5.69 Å². The van der Waals surface area contributed by atoms with Crippen LogP contribution in [0.15, 0.2) is 18.2 Å². The molecule has 0 fully saturated rings. The molecule has 2 aromatic heterocycles. The van der Waals surface area contributed by atoms with E-state index in [0.29, 0.717) is 16.8 Å². The van der Waals surface area contributed by atoms with Crippen molar-refractivity contribution in [2.24, 2.45) is 0 Å². The van der Waals surface area contributed by atoms with Crippen molar-refractivity contribution >= 4 is 28.5 Å². The highest BCUT2D eigenvalue weighted by molar-refractivity contribution is 7.09. The first-order valence-corrected chi connectivity index (χ1v) is 5.20. The summed E-state index contributed by atoms with van der Waals surface area (Å²) in [6.07, 6.45) is 0. The highest BCUT2D eigenvalue weighted by atomic mass is 32.1. The minimum absolute atomic E-state index is 0.00811. The normalized spacial score (nSPS) is 10.1. The molecule has 0 unspecified atom stereocenters. The van der Waals surface area contributed by atoms with Crippen molar-refractivity contribution in [2.75, 3.05) is 5.32 Å². The lowest BCUT2D eigenvalue weighted by Gasteiger charge is -2.01. The van der Waals surface area contributed by atoms with Crippen molar-refractivity contribution in [1.29, 1.82) is 0 Å². The van der Waals surface area contributed by atoms with Crippen molar-refractivity contribution in [2.45, 2.75) is 6.92 Å². The number of carboxylic acids is 1. The van der Waals surface area contributed by atoms with E-state index in [1.54, 1.807) is 19.1 Å². The molecule has 6 nitrogen and oxygen atoms in total. The van der Waals surface area contributed by atoms with E-state index < -0.39 is 5.97 Å². The molecule has 0 aliphatic carbocycles. The first kappa shape index (κ1) is 10.5. The van der Waals surface area contributed by atoms with Crippen LogP contribution in [0.4, 0.5) is 10.9 Å². The van der Waals surface area contributed by atoms with Gasteiger partial charge in [-0.05, 0) is 19.1 Å². The van der Waals surface area contributed by atoms with Crippen LogP contribution in [0.2, 0.25) is 0 Å². The number of carboxylic acid groups (broad SMARTS) is 1. The molecule has 16 heavy (non-hydrogen) atoms. The maximum Gasteiger partial charge on any atom is 0.354 e. The zero-order valence-corrected chi connectivity index (χ0v) is 9.15. The highest BCUT2D eigenvalue weighted by Crippen LogP contribution is 2.16. The predicted octanol–water partition coefficient (Wildman–Crippen LogP) is 1.68. The zero-order valence-electron chi connectivity index (χ0n) is 8.34. The van der Waals surface area contributed by atoms with Crippen LogP contribution in [0.3, 0.4) is 0 Å². The van der Waals surface area contributed by atoms with Gasteiger partial charge in [0.2, 0.25) is 5.13 Å². The van der Waals surface area contributed by atoms with Gasteiger partial charge >= 0.3 is 5.97 Å². The van der Waals surface area contributed by atoms with E-state index in [1.807, 2.05) is 0 Å². The standard InChI is InChI=1S/C9H8N4O2S/c1-5-10-9(16-13-5)12-7-4-2-3-6(11-7)8(14)15/h2-4H,1H3,(H,14,15)(H,10,11,12,13). The molecule has 7 heteroatoms. The topological polar surface area (TPSA) is 88.0 Å². The number of carbonyl (C=O) groups is 1. The van der Waals surface area contributed by atoms with Crippen LogP contribution in [0.25, 0.3) is 0 Å². The van der Waals surface area contributed by atoms with E-state index >= 15 is 0 Å². The summed E-state index contributed by atoms with van der Waals surface area (Å²) < 4.78 is 3.99. The lowest BCUT2D eigenvalue weighted by molar-refractivity contribution is 0.0690. The van der Waals surface area contributed by atoms with Crippen LogP contribution < -0.4 is 5.32 Å². The molecule has 0 spiro atoms. The third kappa shape index (κ3) is 2.31. The Bertz CT molecular complexity index is 526. The molecule has 2 aromatic rings. The van der Waals surface area contributed by atoms with Crippen LogP contribution in [0, 0.1) is 6.92 Å². The zero-order chi connectivity index (χ0) is 11.5. The number of nitrogens with zero attached hydrogens (tertiary/aromatic N) is 3. The second-order valence-electron chi connectivity index (χ2n) is 2.98. The predicted molar refractivity (Wildman–Crippen MR) is 59.1 cm³/mol. The van der Waals surface area contributed by atoms with Gasteiger partial charge in [-0.25, -0.2) is 14.8 Å². The molecule has 0 aliphatic rings. The van der Waals surface area contributed by atoms with Crippen molar-refractivity contribution in [1.82, 2.24) is 14.3 Å². The van der Waals surface area contributed by atoms with Crippen molar-refractivity contribution < 1.29 is 9.90 Å². The molecule has 0 aromatic carbocycles. The highest BCUT2D eigenvalue weighted by Gasteiger charge is 2.06. The molecule has 0 atom stereocenters. The van der Waals surface area contributed by atoms with Crippen LogP contribution in [0.5, 0.6) is 0 Å². The van der Waals surface area contributed by atoms with Crippen molar-refractivity contribution in [3.63, 3.8) is 0 Å². The Kier molecular flexibility index (Phi) is 2.78. The molecule has 0 saturated carbocycles. The van der Waals surface area contributed by atoms with E-state index in [9.17, 15) is 4.79 Å². The Morgan fingerprint density at radius 2 is 2.25 bits per heavy atom. The average molecular weight is 236 g/mol. The summed E-state index contributed by atoms with van der Waals surface area (Å²) in [5.74, 6) is 0.0510. The Labute approximate surface area is 95.2 Å². The number of hydrogen-bond acceptors (Lipinski definition) is 6. The molecule has 2 heterocycles. The SMILES string of the molecule is Cc1nsc(Nc2cccc(C(=O)O)n2)n1. The Hall–Kier alpha value is -2.02. The summed E-state index contributed by atoms with van der Waals surface area (Å²) in [7, 11) is 0. The molecule has 2 rings (SSSR count). The van der Waals surface area contributed by atoms with Gasteiger partial charge in [0, 0.05) is 11.5 Å². The van der Waals surface area contributed by atoms with E-state index in [2.05, 4.69) is 19.7 Å². The summed E-state index contributed by atoms with van der Waals surface area (Å²) >= 11 is 1.20. The number of aromatic nitrogens is 3. The molecular formula is C9H8N4O2S. The van der Waals surface area contributed by atoms with Crippen LogP contribution in [0.1, 0.15) is 16.3 Å². The number of nitrogens with one attached hydrogen (secondary N) is 1. The molecule has 0 aliphatic heterocycles. The molecule has 82 valence electrons. The third-order valence-corrected chi connectivity index (χ3v) is 2.45. The number of anilines is 2. The monoisotopic (exact) mass is 236 g/mol. The maximum atomic E-state index is 10.7. The average Bonchev–Trinajstić information content (AvgIpc) is 2.64. The van der Waals surface area contributed by atoms with Gasteiger partial charge in [0.05, 0.1) is 0 Å². The Balaban J connectivity index is 2.21. The fourth-order valence-corrected chi connectivity index (χ4v) is 1.66. The summed E-state index contributed by atoms with van der Waals surface area (Å²) in [5.41, 5.74) is -0.00811. The quantitative estimate of drug-likeness (QED) is 0.843. The molecular weight excluding hydrogens is 228 g/mol. The minimum Gasteiger partial charge on any atom is -0.477 e. The molecule has 0 bridgehead atoms. The van der Waals surface area contributed by atoms with Gasteiger partial charge in [0.1, 0.15) is 11.6 Å². The van der Waals surface area contributed by atoms with E-state index in [4.69, 9.17) is 5.11 Å². The number of aromatic carboxylic acids is 1. The summed E-state index contributed by atoms with van der Waals surface area (Å²) in [4.78, 5) is 18.7. The summed E-state index contributed by atoms with van der Waals surface area (Å²) in [6.45, 7) is 1.78. The minimum atomic E-state index is -1.06. The lowest BCUT2D eigenvalue weighted by atomic mass is 10.3. The van der Waals surface area contributed by atoms with Crippen LogP contribution in [-0.2, 0) is 0 Å². The Morgan fingerprint density at radius 3 is 2.88 bits per heavy atom. The third-order valence-electron chi connectivity index (χ3n) is 1.73. The van der Waals surface area contributed by atoms with Gasteiger partial charge in [-0.3, -0.25) is 0 Å². The second-order valence-corrected chi connectivity index (χ2v) is 3.74. The fourth-order valence-electron chi connectivity index (χ4n) is 1.08. The van der Waals surface area contributed by atoms with Gasteiger partial charge in [-0.15, -0.1) is 0 Å². The molecule has 0 amide bonds. The first-order chi connectivity index (χ1) is 7.65. The van der Waals surface area contributed by atoms with E-state index in [0.717, 1.165) is 0 Å². The summed E-state index contributed by atoms with van der Waals surface area (Å²) in [6, 6.07) is 4.72. The van der Waals surface area contributed by atoms with E-state index in [1.165, 1.54) is 17.6 Å². The molecule has 2 N–H and O–H groups in total. The van der Waals surface area contributed by atoms with Gasteiger partial charge in [-0.1, -0.05) is 6.07 Å². The number of rotatable bonds is 3.